The summed E-state index contributed by atoms with van der Waals surface area (Å²) >= 11 is 0. The molecular formula is C31H34N2O4S. The van der Waals surface area contributed by atoms with Crippen molar-refractivity contribution >= 4 is 32.4 Å². The molecule has 0 saturated carbocycles. The van der Waals surface area contributed by atoms with Gasteiger partial charge in [-0.15, -0.1) is 0 Å². The highest BCUT2D eigenvalue weighted by Gasteiger charge is 2.35. The van der Waals surface area contributed by atoms with E-state index in [0.717, 1.165) is 35.2 Å². The van der Waals surface area contributed by atoms with Crippen LogP contribution < -0.4 is 0 Å². The largest absolute Gasteiger partial charge is 0.333 e. The summed E-state index contributed by atoms with van der Waals surface area (Å²) in [5, 5.41) is 1.30. The first-order chi connectivity index (χ1) is 18.0. The molecular weight excluding hydrogens is 496 g/mol. The Morgan fingerprint density at radius 3 is 2.13 bits per heavy atom. The fourth-order valence-electron chi connectivity index (χ4n) is 5.14. The average molecular weight is 531 g/mol. The number of para-hydroxylation sites is 1. The van der Waals surface area contributed by atoms with Gasteiger partial charge in [-0.1, -0.05) is 66.2 Å². The third-order valence-electron chi connectivity index (χ3n) is 6.90. The zero-order valence-electron chi connectivity index (χ0n) is 22.5. The van der Waals surface area contributed by atoms with Crippen LogP contribution >= 0.6 is 0 Å². The first-order valence-electron chi connectivity index (χ1n) is 12.6. The Kier molecular flexibility index (Phi) is 8.02. The van der Waals surface area contributed by atoms with Crippen LogP contribution in [-0.2, 0) is 21.3 Å². The van der Waals surface area contributed by atoms with Crippen LogP contribution in [0, 0.1) is 6.92 Å². The van der Waals surface area contributed by atoms with Crippen molar-refractivity contribution in [1.82, 2.24) is 9.47 Å². The molecule has 1 aliphatic rings. The molecule has 0 aliphatic carbocycles. The SMILES string of the molecule is CC(=O)C1=C(c2ccccc2)c2c(CCN(C)C)c3ccccc3n2C1C.Cc1ccc(S(=O)(=O)O)cc1. The van der Waals surface area contributed by atoms with Gasteiger partial charge in [-0.05, 0) is 70.6 Å². The molecule has 1 atom stereocenters. The zero-order chi connectivity index (χ0) is 27.6. The molecule has 7 heteroatoms. The number of Topliss-reactive ketones (excluding diaryl/α,β-unsaturated/α-hetero) is 1. The van der Waals surface area contributed by atoms with Gasteiger partial charge in [-0.3, -0.25) is 9.35 Å². The molecule has 4 aromatic rings. The number of ketones is 1. The molecule has 3 aromatic carbocycles. The second-order valence-corrected chi connectivity index (χ2v) is 11.4. The summed E-state index contributed by atoms with van der Waals surface area (Å²) in [5.74, 6) is 0.160. The molecule has 1 aliphatic heterocycles. The molecule has 0 bridgehead atoms. The lowest BCUT2D eigenvalue weighted by Gasteiger charge is -2.13. The molecule has 6 nitrogen and oxygen atoms in total. The highest BCUT2D eigenvalue weighted by molar-refractivity contribution is 7.85. The van der Waals surface area contributed by atoms with Crippen molar-refractivity contribution in [2.75, 3.05) is 20.6 Å². The van der Waals surface area contributed by atoms with Gasteiger partial charge in [-0.25, -0.2) is 0 Å². The van der Waals surface area contributed by atoms with Gasteiger partial charge in [0.2, 0.25) is 0 Å². The van der Waals surface area contributed by atoms with Crippen molar-refractivity contribution in [2.45, 2.75) is 38.1 Å². The summed E-state index contributed by atoms with van der Waals surface area (Å²) in [7, 11) is 0.195. The van der Waals surface area contributed by atoms with E-state index in [1.807, 2.05) is 13.0 Å². The number of hydrogen-bond donors (Lipinski definition) is 1. The molecule has 0 spiro atoms. The molecule has 1 unspecified atom stereocenters. The number of aryl methyl sites for hydroxylation is 1. The van der Waals surface area contributed by atoms with Crippen molar-refractivity contribution in [3.63, 3.8) is 0 Å². The molecule has 1 N–H and O–H groups in total. The molecule has 38 heavy (non-hydrogen) atoms. The Morgan fingerprint density at radius 1 is 0.947 bits per heavy atom. The first-order valence-corrected chi connectivity index (χ1v) is 14.1. The van der Waals surface area contributed by atoms with E-state index in [9.17, 15) is 13.2 Å². The van der Waals surface area contributed by atoms with E-state index < -0.39 is 10.1 Å². The normalized spacial score (nSPS) is 15.0. The van der Waals surface area contributed by atoms with Crippen LogP contribution in [0.2, 0.25) is 0 Å². The molecule has 0 radical (unpaired) electrons. The standard InChI is InChI=1S/C24H26N2O.C7H8O3S/c1-16-22(17(2)27)23(18-10-6-5-7-11-18)24-20(14-15-25(3)4)19-12-8-9-13-21(19)26(16)24;1-6-2-4-7(5-3-6)11(8,9)10/h5-13,16H,14-15H2,1-4H3;2-5H,1H3,(H,8,9,10). The lowest BCUT2D eigenvalue weighted by Crippen LogP contribution is -2.15. The summed E-state index contributed by atoms with van der Waals surface area (Å²) in [6, 6.07) is 25.0. The zero-order valence-corrected chi connectivity index (χ0v) is 23.3. The fourth-order valence-corrected chi connectivity index (χ4v) is 5.62. The number of allylic oxidation sites excluding steroid dienone is 1. The number of carbonyl (C=O) groups excluding carboxylic acids is 1. The molecule has 1 aromatic heterocycles. The maximum Gasteiger partial charge on any atom is 0.294 e. The van der Waals surface area contributed by atoms with Gasteiger partial charge in [0.05, 0.1) is 16.6 Å². The maximum absolute atomic E-state index is 12.6. The Hall–Kier alpha value is -3.52. The van der Waals surface area contributed by atoms with E-state index in [-0.39, 0.29) is 16.7 Å². The van der Waals surface area contributed by atoms with Crippen LogP contribution in [0.15, 0.2) is 89.3 Å². The van der Waals surface area contributed by atoms with Gasteiger partial charge in [0.1, 0.15) is 0 Å². The second-order valence-electron chi connectivity index (χ2n) is 9.94. The van der Waals surface area contributed by atoms with Crippen molar-refractivity contribution in [3.05, 3.63) is 107 Å². The van der Waals surface area contributed by atoms with Crippen molar-refractivity contribution in [3.8, 4) is 0 Å². The van der Waals surface area contributed by atoms with Gasteiger partial charge in [0, 0.05) is 28.6 Å². The lowest BCUT2D eigenvalue weighted by atomic mass is 9.91. The van der Waals surface area contributed by atoms with E-state index >= 15 is 0 Å². The van der Waals surface area contributed by atoms with Crippen LogP contribution in [0.5, 0.6) is 0 Å². The highest BCUT2D eigenvalue weighted by Crippen LogP contribution is 2.46. The van der Waals surface area contributed by atoms with Crippen LogP contribution in [0.3, 0.4) is 0 Å². The number of hydrogen-bond acceptors (Lipinski definition) is 4. The van der Waals surface area contributed by atoms with Crippen LogP contribution in [-0.4, -0.2) is 48.9 Å². The minimum absolute atomic E-state index is 0.0470. The smallest absolute Gasteiger partial charge is 0.294 e. The van der Waals surface area contributed by atoms with Crippen LogP contribution in [0.25, 0.3) is 16.5 Å². The number of likely N-dealkylation sites (N-methyl/N-ethyl adjacent to an activating group) is 1. The Morgan fingerprint density at radius 2 is 1.55 bits per heavy atom. The predicted octanol–water partition coefficient (Wildman–Crippen LogP) is 5.95. The van der Waals surface area contributed by atoms with Gasteiger partial charge < -0.3 is 9.47 Å². The summed E-state index contributed by atoms with van der Waals surface area (Å²) < 4.78 is 31.9. The van der Waals surface area contributed by atoms with E-state index in [4.69, 9.17) is 4.55 Å². The molecule has 0 amide bonds. The Balaban J connectivity index is 0.000000257. The van der Waals surface area contributed by atoms with E-state index in [1.54, 1.807) is 19.1 Å². The van der Waals surface area contributed by atoms with Gasteiger partial charge >= 0.3 is 0 Å². The number of rotatable bonds is 6. The third kappa shape index (κ3) is 5.50. The van der Waals surface area contributed by atoms with Crippen molar-refractivity contribution in [1.29, 1.82) is 0 Å². The fraction of sp³-hybridized carbons (Fsp3) is 0.258. The third-order valence-corrected chi connectivity index (χ3v) is 7.76. The van der Waals surface area contributed by atoms with E-state index in [1.165, 1.54) is 34.3 Å². The number of carbonyl (C=O) groups is 1. The number of fused-ring (bicyclic) bond motifs is 3. The summed E-state index contributed by atoms with van der Waals surface area (Å²) in [6.07, 6.45) is 0.962. The molecule has 198 valence electrons. The minimum atomic E-state index is -4.02. The van der Waals surface area contributed by atoms with Crippen molar-refractivity contribution < 1.29 is 17.8 Å². The second kappa shape index (κ2) is 11.1. The van der Waals surface area contributed by atoms with Crippen LogP contribution in [0.4, 0.5) is 0 Å². The number of benzene rings is 3. The van der Waals surface area contributed by atoms with E-state index in [0.29, 0.717) is 0 Å². The topological polar surface area (TPSA) is 79.6 Å². The van der Waals surface area contributed by atoms with Gasteiger partial charge in [-0.2, -0.15) is 8.42 Å². The highest BCUT2D eigenvalue weighted by atomic mass is 32.2. The summed E-state index contributed by atoms with van der Waals surface area (Å²) in [5.41, 5.74) is 7.91. The van der Waals surface area contributed by atoms with E-state index in [2.05, 4.69) is 79.0 Å². The monoisotopic (exact) mass is 530 g/mol. The summed E-state index contributed by atoms with van der Waals surface area (Å²) in [6.45, 7) is 6.67. The quantitative estimate of drug-likeness (QED) is 0.312. The summed E-state index contributed by atoms with van der Waals surface area (Å²) in [4.78, 5) is 14.8. The molecule has 0 saturated heterocycles. The minimum Gasteiger partial charge on any atom is -0.333 e. The van der Waals surface area contributed by atoms with Gasteiger partial charge in [0.15, 0.2) is 5.78 Å². The van der Waals surface area contributed by atoms with Crippen LogP contribution in [0.1, 0.15) is 42.3 Å². The molecule has 2 heterocycles. The molecule has 0 fully saturated rings. The number of aromatic nitrogens is 1. The Bertz CT molecular complexity index is 1600. The maximum atomic E-state index is 12.6. The number of nitrogens with zero attached hydrogens (tertiary/aromatic N) is 2. The van der Waals surface area contributed by atoms with Crippen molar-refractivity contribution in [2.24, 2.45) is 0 Å². The first kappa shape index (κ1) is 27.5. The Labute approximate surface area is 225 Å². The average Bonchev–Trinajstić information content (AvgIpc) is 3.35. The molecule has 5 rings (SSSR count). The lowest BCUT2D eigenvalue weighted by molar-refractivity contribution is -0.113. The predicted molar refractivity (Wildman–Crippen MR) is 153 cm³/mol. The van der Waals surface area contributed by atoms with Gasteiger partial charge in [0.25, 0.3) is 10.1 Å².